The zero-order valence-electron chi connectivity index (χ0n) is 10.0. The van der Waals surface area contributed by atoms with Gasteiger partial charge >= 0.3 is 0 Å². The number of anilines is 1. The molecule has 2 aromatic rings. The van der Waals surface area contributed by atoms with Gasteiger partial charge in [0.25, 0.3) is 5.91 Å². The number of carbonyl (C=O) groups is 1. The van der Waals surface area contributed by atoms with Gasteiger partial charge in [-0.25, -0.2) is 4.39 Å². The SMILES string of the molecule is Cc1c(F)cccc1NC(=O)c1cc(Br)ccc1Br. The third-order valence-electron chi connectivity index (χ3n) is 2.69. The van der Waals surface area contributed by atoms with Crippen LogP contribution < -0.4 is 5.32 Å². The Balaban J connectivity index is 2.31. The molecule has 0 heterocycles. The van der Waals surface area contributed by atoms with E-state index >= 15 is 0 Å². The minimum Gasteiger partial charge on any atom is -0.322 e. The van der Waals surface area contributed by atoms with Crippen molar-refractivity contribution in [3.63, 3.8) is 0 Å². The van der Waals surface area contributed by atoms with Crippen molar-refractivity contribution < 1.29 is 9.18 Å². The summed E-state index contributed by atoms with van der Waals surface area (Å²) in [6.07, 6.45) is 0. The van der Waals surface area contributed by atoms with Crippen LogP contribution in [0.1, 0.15) is 15.9 Å². The minimum atomic E-state index is -0.342. The summed E-state index contributed by atoms with van der Waals surface area (Å²) in [4.78, 5) is 12.2. The number of halogens is 3. The average molecular weight is 387 g/mol. The topological polar surface area (TPSA) is 29.1 Å². The Hall–Kier alpha value is -1.20. The first-order chi connectivity index (χ1) is 8.99. The van der Waals surface area contributed by atoms with Crippen LogP contribution in [0.3, 0.4) is 0 Å². The molecule has 0 fully saturated rings. The molecule has 0 saturated carbocycles. The standard InChI is InChI=1S/C14H10Br2FNO/c1-8-12(17)3-2-4-13(8)18-14(19)10-7-9(15)5-6-11(10)16/h2-7H,1H3,(H,18,19). The second-order valence-electron chi connectivity index (χ2n) is 3.99. The molecule has 1 N–H and O–H groups in total. The number of benzene rings is 2. The van der Waals surface area contributed by atoms with Gasteiger partial charge in [0.15, 0.2) is 0 Å². The maximum Gasteiger partial charge on any atom is 0.256 e. The monoisotopic (exact) mass is 385 g/mol. The molecule has 98 valence electrons. The largest absolute Gasteiger partial charge is 0.322 e. The minimum absolute atomic E-state index is 0.290. The maximum atomic E-state index is 13.4. The molecular formula is C14H10Br2FNO. The fourth-order valence-corrected chi connectivity index (χ4v) is 2.39. The van der Waals surface area contributed by atoms with Gasteiger partial charge < -0.3 is 5.32 Å². The van der Waals surface area contributed by atoms with Gasteiger partial charge in [0.2, 0.25) is 0 Å². The first-order valence-electron chi connectivity index (χ1n) is 5.50. The molecule has 2 rings (SSSR count). The van der Waals surface area contributed by atoms with E-state index in [1.54, 1.807) is 31.2 Å². The summed E-state index contributed by atoms with van der Waals surface area (Å²) >= 11 is 6.64. The zero-order valence-corrected chi connectivity index (χ0v) is 13.2. The zero-order chi connectivity index (χ0) is 14.0. The van der Waals surface area contributed by atoms with E-state index in [4.69, 9.17) is 0 Å². The molecule has 0 bridgehead atoms. The summed E-state index contributed by atoms with van der Waals surface area (Å²) in [5, 5.41) is 2.71. The average Bonchev–Trinajstić information content (AvgIpc) is 2.38. The third kappa shape index (κ3) is 3.22. The van der Waals surface area contributed by atoms with Crippen LogP contribution in [0.5, 0.6) is 0 Å². The second-order valence-corrected chi connectivity index (χ2v) is 5.76. The van der Waals surface area contributed by atoms with Crippen molar-refractivity contribution in [2.24, 2.45) is 0 Å². The Morgan fingerprint density at radius 2 is 1.95 bits per heavy atom. The van der Waals surface area contributed by atoms with E-state index in [0.717, 1.165) is 4.47 Å². The summed E-state index contributed by atoms with van der Waals surface area (Å²) in [7, 11) is 0. The summed E-state index contributed by atoms with van der Waals surface area (Å²) in [6, 6.07) is 9.90. The van der Waals surface area contributed by atoms with Crippen molar-refractivity contribution in [3.8, 4) is 0 Å². The number of hydrogen-bond donors (Lipinski definition) is 1. The quantitative estimate of drug-likeness (QED) is 0.780. The van der Waals surface area contributed by atoms with Gasteiger partial charge in [-0.3, -0.25) is 4.79 Å². The van der Waals surface area contributed by atoms with E-state index in [9.17, 15) is 9.18 Å². The molecule has 0 aliphatic rings. The number of amides is 1. The maximum absolute atomic E-state index is 13.4. The predicted molar refractivity (Wildman–Crippen MR) is 80.9 cm³/mol. The number of rotatable bonds is 2. The van der Waals surface area contributed by atoms with Crippen molar-refractivity contribution in [2.75, 3.05) is 5.32 Å². The van der Waals surface area contributed by atoms with Crippen molar-refractivity contribution >= 4 is 43.5 Å². The van der Waals surface area contributed by atoms with Crippen LogP contribution in [0.4, 0.5) is 10.1 Å². The molecular weight excluding hydrogens is 377 g/mol. The molecule has 1 amide bonds. The number of hydrogen-bond acceptors (Lipinski definition) is 1. The van der Waals surface area contributed by atoms with Crippen LogP contribution in [-0.2, 0) is 0 Å². The Bertz CT molecular complexity index is 643. The second kappa shape index (κ2) is 5.84. The van der Waals surface area contributed by atoms with E-state index in [2.05, 4.69) is 37.2 Å². The van der Waals surface area contributed by atoms with Gasteiger partial charge in [-0.05, 0) is 53.2 Å². The van der Waals surface area contributed by atoms with Gasteiger partial charge in [0, 0.05) is 20.2 Å². The summed E-state index contributed by atoms with van der Waals surface area (Å²) in [5.74, 6) is -0.631. The molecule has 0 radical (unpaired) electrons. The molecule has 2 nitrogen and oxygen atoms in total. The Morgan fingerprint density at radius 3 is 2.68 bits per heavy atom. The Kier molecular flexibility index (Phi) is 4.37. The van der Waals surface area contributed by atoms with Crippen LogP contribution in [0, 0.1) is 12.7 Å². The van der Waals surface area contributed by atoms with Gasteiger partial charge in [0.05, 0.1) is 5.56 Å². The van der Waals surface area contributed by atoms with Crippen LogP contribution in [-0.4, -0.2) is 5.91 Å². The molecule has 0 saturated heterocycles. The lowest BCUT2D eigenvalue weighted by molar-refractivity contribution is 0.102. The summed E-state index contributed by atoms with van der Waals surface area (Å²) in [6.45, 7) is 1.63. The number of carbonyl (C=O) groups excluding carboxylic acids is 1. The molecule has 0 unspecified atom stereocenters. The van der Waals surface area contributed by atoms with Crippen LogP contribution in [0.15, 0.2) is 45.3 Å². The molecule has 0 aromatic heterocycles. The Morgan fingerprint density at radius 1 is 1.21 bits per heavy atom. The highest BCUT2D eigenvalue weighted by Crippen LogP contribution is 2.24. The highest BCUT2D eigenvalue weighted by atomic mass is 79.9. The van der Waals surface area contributed by atoms with Crippen molar-refractivity contribution in [2.45, 2.75) is 6.92 Å². The van der Waals surface area contributed by atoms with Crippen molar-refractivity contribution in [1.82, 2.24) is 0 Å². The fourth-order valence-electron chi connectivity index (χ4n) is 1.60. The lowest BCUT2D eigenvalue weighted by atomic mass is 10.1. The molecule has 0 aliphatic carbocycles. The summed E-state index contributed by atoms with van der Waals surface area (Å²) in [5.41, 5.74) is 1.37. The predicted octanol–water partition coefficient (Wildman–Crippen LogP) is 4.91. The van der Waals surface area contributed by atoms with Gasteiger partial charge in [-0.15, -0.1) is 0 Å². The Labute approximate surface area is 127 Å². The van der Waals surface area contributed by atoms with Crippen molar-refractivity contribution in [3.05, 3.63) is 62.3 Å². The third-order valence-corrected chi connectivity index (χ3v) is 3.87. The lowest BCUT2D eigenvalue weighted by Crippen LogP contribution is -2.13. The number of nitrogens with one attached hydrogen (secondary N) is 1. The summed E-state index contributed by atoms with van der Waals surface area (Å²) < 4.78 is 14.9. The highest BCUT2D eigenvalue weighted by molar-refractivity contribution is 9.11. The molecule has 5 heteroatoms. The molecule has 2 aromatic carbocycles. The smallest absolute Gasteiger partial charge is 0.256 e. The van der Waals surface area contributed by atoms with E-state index in [0.29, 0.717) is 21.3 Å². The van der Waals surface area contributed by atoms with E-state index in [-0.39, 0.29) is 11.7 Å². The molecule has 19 heavy (non-hydrogen) atoms. The van der Waals surface area contributed by atoms with Crippen molar-refractivity contribution in [1.29, 1.82) is 0 Å². The molecule has 0 atom stereocenters. The van der Waals surface area contributed by atoms with Crippen LogP contribution in [0.25, 0.3) is 0 Å². The van der Waals surface area contributed by atoms with E-state index in [1.165, 1.54) is 6.07 Å². The highest BCUT2D eigenvalue weighted by Gasteiger charge is 2.12. The molecule has 0 aliphatic heterocycles. The normalized spacial score (nSPS) is 10.3. The van der Waals surface area contributed by atoms with Gasteiger partial charge in [-0.1, -0.05) is 22.0 Å². The lowest BCUT2D eigenvalue weighted by Gasteiger charge is -2.10. The first kappa shape index (κ1) is 14.2. The fraction of sp³-hybridized carbons (Fsp3) is 0.0714. The first-order valence-corrected chi connectivity index (χ1v) is 7.09. The van der Waals surface area contributed by atoms with Crippen LogP contribution in [0.2, 0.25) is 0 Å². The van der Waals surface area contributed by atoms with Crippen LogP contribution >= 0.6 is 31.9 Å². The van der Waals surface area contributed by atoms with E-state index < -0.39 is 0 Å². The van der Waals surface area contributed by atoms with E-state index in [1.807, 2.05) is 6.07 Å². The van der Waals surface area contributed by atoms with Gasteiger partial charge in [0.1, 0.15) is 5.82 Å². The van der Waals surface area contributed by atoms with Gasteiger partial charge in [-0.2, -0.15) is 0 Å². The molecule has 0 spiro atoms.